The molecule has 21 heavy (non-hydrogen) atoms. The van der Waals surface area contributed by atoms with E-state index in [9.17, 15) is 17.6 Å². The number of nitrogen functional groups attached to an aromatic ring is 1. The predicted octanol–water partition coefficient (Wildman–Crippen LogP) is 3.78. The lowest BCUT2D eigenvalue weighted by atomic mass is 10.1. The molecule has 0 radical (unpaired) electrons. The largest absolute Gasteiger partial charge is 0.419 e. The minimum Gasteiger partial charge on any atom is -0.383 e. The second-order valence-corrected chi connectivity index (χ2v) is 4.48. The number of aryl methyl sites for hydroxylation is 1. The van der Waals surface area contributed by atoms with Gasteiger partial charge in [0.2, 0.25) is 0 Å². The molecule has 0 atom stereocenters. The number of aromatic nitrogens is 2. The summed E-state index contributed by atoms with van der Waals surface area (Å²) in [6.45, 7) is 5.64. The Morgan fingerprint density at radius 3 is 2.62 bits per heavy atom. The van der Waals surface area contributed by atoms with Crippen LogP contribution in [0.1, 0.15) is 11.4 Å². The van der Waals surface area contributed by atoms with Crippen molar-refractivity contribution in [2.75, 3.05) is 5.73 Å². The van der Waals surface area contributed by atoms with Gasteiger partial charge in [0.25, 0.3) is 0 Å². The Bertz CT molecular complexity index is 686. The van der Waals surface area contributed by atoms with Gasteiger partial charge in [-0.25, -0.2) is 9.37 Å². The number of nitrogens with two attached hydrogens (primary N) is 1. The van der Waals surface area contributed by atoms with Gasteiger partial charge in [-0.05, 0) is 25.1 Å². The van der Waals surface area contributed by atoms with Crippen LogP contribution in [0.2, 0.25) is 0 Å². The first-order chi connectivity index (χ1) is 9.75. The smallest absolute Gasteiger partial charge is 0.383 e. The molecule has 0 spiro atoms. The Morgan fingerprint density at radius 1 is 1.38 bits per heavy atom. The minimum atomic E-state index is -4.77. The summed E-state index contributed by atoms with van der Waals surface area (Å²) in [6.07, 6.45) is -3.17. The van der Waals surface area contributed by atoms with Crippen LogP contribution < -0.4 is 5.73 Å². The van der Waals surface area contributed by atoms with E-state index >= 15 is 0 Å². The van der Waals surface area contributed by atoms with E-state index in [2.05, 4.69) is 11.6 Å². The number of nitrogens with zero attached hydrogens (tertiary/aromatic N) is 2. The number of anilines is 1. The lowest BCUT2D eigenvalue weighted by Gasteiger charge is -2.10. The Kier molecular flexibility index (Phi) is 3.76. The minimum absolute atomic E-state index is 0.118. The van der Waals surface area contributed by atoms with Crippen LogP contribution >= 0.6 is 0 Å². The molecular weight excluding hydrogens is 286 g/mol. The zero-order valence-electron chi connectivity index (χ0n) is 11.2. The molecule has 2 aromatic rings. The zero-order chi connectivity index (χ0) is 15.8. The van der Waals surface area contributed by atoms with Crippen LogP contribution in [0.3, 0.4) is 0 Å². The Hall–Kier alpha value is -2.31. The SMILES string of the molecule is C=CCn1c(C)nc(-c2ccc(F)c(C(F)(F)F)c2)c1N. The highest BCUT2D eigenvalue weighted by molar-refractivity contribution is 5.71. The van der Waals surface area contributed by atoms with Crippen LogP contribution in [0.5, 0.6) is 0 Å². The van der Waals surface area contributed by atoms with Crippen molar-refractivity contribution in [3.63, 3.8) is 0 Å². The quantitative estimate of drug-likeness (QED) is 0.692. The molecule has 0 amide bonds. The molecule has 0 unspecified atom stereocenters. The number of hydrogen-bond acceptors (Lipinski definition) is 2. The molecule has 0 saturated carbocycles. The summed E-state index contributed by atoms with van der Waals surface area (Å²) < 4.78 is 53.1. The fourth-order valence-corrected chi connectivity index (χ4v) is 2.04. The highest BCUT2D eigenvalue weighted by Gasteiger charge is 2.34. The van der Waals surface area contributed by atoms with Crippen molar-refractivity contribution in [3.8, 4) is 11.3 Å². The van der Waals surface area contributed by atoms with Gasteiger partial charge in [0, 0.05) is 12.1 Å². The van der Waals surface area contributed by atoms with Crippen LogP contribution in [0.4, 0.5) is 23.4 Å². The van der Waals surface area contributed by atoms with Gasteiger partial charge in [0.05, 0.1) is 5.56 Å². The molecule has 2 N–H and O–H groups in total. The van der Waals surface area contributed by atoms with Crippen LogP contribution in [-0.4, -0.2) is 9.55 Å². The van der Waals surface area contributed by atoms with E-state index in [1.165, 1.54) is 6.07 Å². The third-order valence-corrected chi connectivity index (χ3v) is 3.05. The highest BCUT2D eigenvalue weighted by atomic mass is 19.4. The van der Waals surface area contributed by atoms with Gasteiger partial charge in [0.15, 0.2) is 0 Å². The van der Waals surface area contributed by atoms with Gasteiger partial charge in [-0.3, -0.25) is 0 Å². The van der Waals surface area contributed by atoms with E-state index in [-0.39, 0.29) is 17.1 Å². The molecule has 3 nitrogen and oxygen atoms in total. The number of rotatable bonds is 3. The second-order valence-electron chi connectivity index (χ2n) is 4.48. The summed E-state index contributed by atoms with van der Waals surface area (Å²) in [5.74, 6) is -0.570. The van der Waals surface area contributed by atoms with Crippen molar-refractivity contribution in [2.45, 2.75) is 19.6 Å². The maximum atomic E-state index is 13.3. The van der Waals surface area contributed by atoms with Gasteiger partial charge in [-0.1, -0.05) is 6.08 Å². The van der Waals surface area contributed by atoms with E-state index in [4.69, 9.17) is 5.73 Å². The normalized spacial score (nSPS) is 11.7. The van der Waals surface area contributed by atoms with E-state index in [0.717, 1.165) is 6.07 Å². The summed E-state index contributed by atoms with van der Waals surface area (Å²) in [5.41, 5.74) is 4.87. The lowest BCUT2D eigenvalue weighted by Crippen LogP contribution is -2.08. The first kappa shape index (κ1) is 15.1. The summed E-state index contributed by atoms with van der Waals surface area (Å²) in [6, 6.07) is 2.70. The molecular formula is C14H13F4N3. The maximum absolute atomic E-state index is 13.3. The van der Waals surface area contributed by atoms with E-state index < -0.39 is 17.6 Å². The first-order valence-corrected chi connectivity index (χ1v) is 6.06. The lowest BCUT2D eigenvalue weighted by molar-refractivity contribution is -0.139. The topological polar surface area (TPSA) is 43.8 Å². The fourth-order valence-electron chi connectivity index (χ4n) is 2.04. The third-order valence-electron chi connectivity index (χ3n) is 3.05. The molecule has 7 heteroatoms. The maximum Gasteiger partial charge on any atom is 0.419 e. The van der Waals surface area contributed by atoms with Crippen molar-refractivity contribution in [1.82, 2.24) is 9.55 Å². The van der Waals surface area contributed by atoms with Gasteiger partial charge < -0.3 is 10.3 Å². The van der Waals surface area contributed by atoms with Crippen molar-refractivity contribution >= 4 is 5.82 Å². The van der Waals surface area contributed by atoms with Crippen molar-refractivity contribution in [1.29, 1.82) is 0 Å². The predicted molar refractivity (Wildman–Crippen MR) is 72.0 cm³/mol. The average Bonchev–Trinajstić information content (AvgIpc) is 2.66. The standard InChI is InChI=1S/C14H13F4N3/c1-3-6-21-8(2)20-12(13(21)19)9-4-5-11(15)10(7-9)14(16,17)18/h3-5,7H,1,6,19H2,2H3. The van der Waals surface area contributed by atoms with Crippen LogP contribution in [0.15, 0.2) is 30.9 Å². The Morgan fingerprint density at radius 2 is 2.05 bits per heavy atom. The van der Waals surface area contributed by atoms with Gasteiger partial charge in [-0.2, -0.15) is 13.2 Å². The molecule has 1 aromatic heterocycles. The summed E-state index contributed by atoms with van der Waals surface area (Å²) in [7, 11) is 0. The van der Waals surface area contributed by atoms with E-state index in [1.54, 1.807) is 17.6 Å². The first-order valence-electron chi connectivity index (χ1n) is 6.06. The summed E-state index contributed by atoms with van der Waals surface area (Å²) >= 11 is 0. The number of allylic oxidation sites excluding steroid dienone is 1. The van der Waals surface area contributed by atoms with Crippen molar-refractivity contribution in [2.24, 2.45) is 0 Å². The molecule has 0 bridgehead atoms. The number of hydrogen-bond donors (Lipinski definition) is 1. The molecule has 0 fully saturated rings. The van der Waals surface area contributed by atoms with E-state index in [0.29, 0.717) is 18.4 Å². The zero-order valence-corrected chi connectivity index (χ0v) is 11.2. The molecule has 0 aliphatic heterocycles. The highest BCUT2D eigenvalue weighted by Crippen LogP contribution is 2.35. The summed E-state index contributed by atoms with van der Waals surface area (Å²) in [4.78, 5) is 4.15. The Balaban J connectivity index is 2.58. The number of halogens is 4. The number of imidazole rings is 1. The molecule has 1 aromatic carbocycles. The molecule has 1 heterocycles. The molecule has 0 saturated heterocycles. The number of alkyl halides is 3. The molecule has 0 aliphatic carbocycles. The average molecular weight is 299 g/mol. The van der Waals surface area contributed by atoms with Crippen LogP contribution in [0, 0.1) is 12.7 Å². The molecule has 112 valence electrons. The Labute approximate surface area is 118 Å². The van der Waals surface area contributed by atoms with Crippen LogP contribution in [0.25, 0.3) is 11.3 Å². The monoisotopic (exact) mass is 299 g/mol. The van der Waals surface area contributed by atoms with Crippen molar-refractivity contribution < 1.29 is 17.6 Å². The van der Waals surface area contributed by atoms with E-state index in [1.807, 2.05) is 0 Å². The number of benzene rings is 1. The van der Waals surface area contributed by atoms with Gasteiger partial charge in [0.1, 0.15) is 23.2 Å². The van der Waals surface area contributed by atoms with Gasteiger partial charge >= 0.3 is 6.18 Å². The van der Waals surface area contributed by atoms with Crippen LogP contribution in [-0.2, 0) is 12.7 Å². The second kappa shape index (κ2) is 5.23. The molecule has 0 aliphatic rings. The third kappa shape index (κ3) is 2.76. The van der Waals surface area contributed by atoms with Crippen molar-refractivity contribution in [3.05, 3.63) is 48.1 Å². The fraction of sp³-hybridized carbons (Fsp3) is 0.214. The molecule has 2 rings (SSSR count). The summed E-state index contributed by atoms with van der Waals surface area (Å²) in [5, 5.41) is 0. The van der Waals surface area contributed by atoms with Gasteiger partial charge in [-0.15, -0.1) is 6.58 Å².